The normalized spacial score (nSPS) is 28.9. The highest BCUT2D eigenvalue weighted by Crippen LogP contribution is 2.31. The molecule has 1 saturated heterocycles. The SMILES string of the molecule is CC(C)(CNC1CCCC1C1COCCN1)c1ccc(Br)cc1. The molecule has 2 aliphatic rings. The van der Waals surface area contributed by atoms with Crippen LogP contribution >= 0.6 is 15.9 Å². The topological polar surface area (TPSA) is 33.3 Å². The lowest BCUT2D eigenvalue weighted by Crippen LogP contribution is -2.52. The van der Waals surface area contributed by atoms with E-state index in [-0.39, 0.29) is 5.41 Å². The van der Waals surface area contributed by atoms with Gasteiger partial charge in [-0.15, -0.1) is 0 Å². The van der Waals surface area contributed by atoms with Crippen molar-refractivity contribution in [1.82, 2.24) is 10.6 Å². The van der Waals surface area contributed by atoms with Crippen molar-refractivity contribution in [3.8, 4) is 0 Å². The van der Waals surface area contributed by atoms with E-state index >= 15 is 0 Å². The molecule has 3 nitrogen and oxygen atoms in total. The fourth-order valence-electron chi connectivity index (χ4n) is 3.97. The maximum absolute atomic E-state index is 5.67. The number of ether oxygens (including phenoxy) is 1. The van der Waals surface area contributed by atoms with Crippen molar-refractivity contribution in [2.45, 2.75) is 50.6 Å². The first-order chi connectivity index (χ1) is 11.1. The van der Waals surface area contributed by atoms with Crippen LogP contribution < -0.4 is 10.6 Å². The fourth-order valence-corrected chi connectivity index (χ4v) is 4.24. The molecule has 2 N–H and O–H groups in total. The van der Waals surface area contributed by atoms with Gasteiger partial charge in [0.05, 0.1) is 13.2 Å². The summed E-state index contributed by atoms with van der Waals surface area (Å²) in [5, 5.41) is 7.53. The number of nitrogens with one attached hydrogen (secondary N) is 2. The van der Waals surface area contributed by atoms with Crippen molar-refractivity contribution in [2.24, 2.45) is 5.92 Å². The van der Waals surface area contributed by atoms with Crippen LogP contribution in [0.2, 0.25) is 0 Å². The summed E-state index contributed by atoms with van der Waals surface area (Å²) < 4.78 is 6.82. The van der Waals surface area contributed by atoms with Gasteiger partial charge in [0.15, 0.2) is 0 Å². The summed E-state index contributed by atoms with van der Waals surface area (Å²) in [6.07, 6.45) is 3.94. The van der Waals surface area contributed by atoms with Crippen molar-refractivity contribution in [3.05, 3.63) is 34.3 Å². The number of halogens is 1. The van der Waals surface area contributed by atoms with Crippen molar-refractivity contribution in [3.63, 3.8) is 0 Å². The molecule has 0 spiro atoms. The molecule has 1 heterocycles. The van der Waals surface area contributed by atoms with E-state index in [0.29, 0.717) is 18.0 Å². The Balaban J connectivity index is 1.58. The molecule has 1 aliphatic heterocycles. The third kappa shape index (κ3) is 4.36. The van der Waals surface area contributed by atoms with Crippen LogP contribution in [0, 0.1) is 5.92 Å². The molecule has 0 bridgehead atoms. The summed E-state index contributed by atoms with van der Waals surface area (Å²) in [7, 11) is 0. The van der Waals surface area contributed by atoms with Gasteiger partial charge < -0.3 is 15.4 Å². The van der Waals surface area contributed by atoms with E-state index in [0.717, 1.165) is 30.8 Å². The van der Waals surface area contributed by atoms with Crippen molar-refractivity contribution < 1.29 is 4.74 Å². The third-order valence-corrected chi connectivity index (χ3v) is 6.00. The highest BCUT2D eigenvalue weighted by Gasteiger charge is 2.35. The van der Waals surface area contributed by atoms with Crippen molar-refractivity contribution in [1.29, 1.82) is 0 Å². The summed E-state index contributed by atoms with van der Waals surface area (Å²) in [6, 6.07) is 9.88. The van der Waals surface area contributed by atoms with Crippen molar-refractivity contribution >= 4 is 15.9 Å². The maximum Gasteiger partial charge on any atom is 0.0623 e. The molecule has 1 aliphatic carbocycles. The first kappa shape index (κ1) is 17.4. The summed E-state index contributed by atoms with van der Waals surface area (Å²) in [4.78, 5) is 0. The standard InChI is InChI=1S/C19H29BrN2O/c1-19(2,14-6-8-15(20)9-7-14)13-22-17-5-3-4-16(17)18-12-23-11-10-21-18/h6-9,16-18,21-22H,3-5,10-13H2,1-2H3. The minimum absolute atomic E-state index is 0.143. The fraction of sp³-hybridized carbons (Fsp3) is 0.684. The molecule has 1 saturated carbocycles. The second-order valence-electron chi connectivity index (χ2n) is 7.61. The van der Waals surface area contributed by atoms with Gasteiger partial charge in [0.2, 0.25) is 0 Å². The molecule has 2 fully saturated rings. The van der Waals surface area contributed by atoms with Crippen LogP contribution in [0.4, 0.5) is 0 Å². The Labute approximate surface area is 148 Å². The minimum Gasteiger partial charge on any atom is -0.379 e. The number of hydrogen-bond acceptors (Lipinski definition) is 3. The third-order valence-electron chi connectivity index (χ3n) is 5.47. The van der Waals surface area contributed by atoms with E-state index in [4.69, 9.17) is 4.74 Å². The smallest absolute Gasteiger partial charge is 0.0623 e. The Hall–Kier alpha value is -0.420. The Kier molecular flexibility index (Phi) is 5.78. The van der Waals surface area contributed by atoms with Crippen LogP contribution in [0.15, 0.2) is 28.7 Å². The Morgan fingerprint density at radius 2 is 2.04 bits per heavy atom. The molecule has 3 unspecified atom stereocenters. The highest BCUT2D eigenvalue weighted by atomic mass is 79.9. The summed E-state index contributed by atoms with van der Waals surface area (Å²) in [6.45, 7) is 8.41. The average molecular weight is 381 g/mol. The molecule has 1 aromatic rings. The van der Waals surface area contributed by atoms with Gasteiger partial charge in [-0.2, -0.15) is 0 Å². The zero-order chi connectivity index (χ0) is 16.3. The van der Waals surface area contributed by atoms with Gasteiger partial charge in [-0.25, -0.2) is 0 Å². The van der Waals surface area contributed by atoms with E-state index < -0.39 is 0 Å². The maximum atomic E-state index is 5.67. The number of hydrogen-bond donors (Lipinski definition) is 2. The van der Waals surface area contributed by atoms with Gasteiger partial charge in [-0.3, -0.25) is 0 Å². The number of morpholine rings is 1. The summed E-state index contributed by atoms with van der Waals surface area (Å²) in [5.74, 6) is 0.705. The van der Waals surface area contributed by atoms with Gasteiger partial charge in [0.25, 0.3) is 0 Å². The van der Waals surface area contributed by atoms with E-state index in [1.807, 2.05) is 0 Å². The molecule has 1 aromatic carbocycles. The van der Waals surface area contributed by atoms with Crippen LogP contribution in [-0.4, -0.2) is 38.4 Å². The minimum atomic E-state index is 0.143. The molecule has 23 heavy (non-hydrogen) atoms. The molecule has 128 valence electrons. The second-order valence-corrected chi connectivity index (χ2v) is 8.52. The molecule has 0 aromatic heterocycles. The number of rotatable bonds is 5. The molecular formula is C19H29BrN2O. The van der Waals surface area contributed by atoms with Gasteiger partial charge in [-0.05, 0) is 36.5 Å². The van der Waals surface area contributed by atoms with Crippen LogP contribution in [0.1, 0.15) is 38.7 Å². The first-order valence-electron chi connectivity index (χ1n) is 8.87. The lowest BCUT2D eigenvalue weighted by Gasteiger charge is -2.35. The Morgan fingerprint density at radius 1 is 1.26 bits per heavy atom. The van der Waals surface area contributed by atoms with E-state index in [1.54, 1.807) is 0 Å². The largest absolute Gasteiger partial charge is 0.379 e. The molecule has 0 radical (unpaired) electrons. The lowest BCUT2D eigenvalue weighted by atomic mass is 9.84. The molecular weight excluding hydrogens is 352 g/mol. The summed E-state index contributed by atoms with van der Waals surface area (Å²) >= 11 is 3.52. The van der Waals surface area contributed by atoms with Gasteiger partial charge in [0, 0.05) is 35.1 Å². The first-order valence-corrected chi connectivity index (χ1v) is 9.66. The zero-order valence-electron chi connectivity index (χ0n) is 14.3. The monoisotopic (exact) mass is 380 g/mol. The van der Waals surface area contributed by atoms with Crippen LogP contribution in [-0.2, 0) is 10.2 Å². The zero-order valence-corrected chi connectivity index (χ0v) is 15.9. The van der Waals surface area contributed by atoms with Crippen LogP contribution in [0.3, 0.4) is 0 Å². The molecule has 0 amide bonds. The quantitative estimate of drug-likeness (QED) is 0.820. The second kappa shape index (κ2) is 7.64. The van der Waals surface area contributed by atoms with Crippen LogP contribution in [0.5, 0.6) is 0 Å². The predicted octanol–water partition coefficient (Wildman–Crippen LogP) is 3.47. The molecule has 3 rings (SSSR count). The van der Waals surface area contributed by atoms with Gasteiger partial charge in [-0.1, -0.05) is 48.3 Å². The van der Waals surface area contributed by atoms with E-state index in [1.165, 1.54) is 24.8 Å². The molecule has 4 heteroatoms. The lowest BCUT2D eigenvalue weighted by molar-refractivity contribution is 0.0522. The Bertz CT molecular complexity index is 497. The van der Waals surface area contributed by atoms with Gasteiger partial charge >= 0.3 is 0 Å². The number of benzene rings is 1. The van der Waals surface area contributed by atoms with Crippen molar-refractivity contribution in [2.75, 3.05) is 26.3 Å². The van der Waals surface area contributed by atoms with E-state index in [9.17, 15) is 0 Å². The molecule has 3 atom stereocenters. The van der Waals surface area contributed by atoms with E-state index in [2.05, 4.69) is 64.7 Å². The highest BCUT2D eigenvalue weighted by molar-refractivity contribution is 9.10. The summed E-state index contributed by atoms with van der Waals surface area (Å²) in [5.41, 5.74) is 1.53. The van der Waals surface area contributed by atoms with Crippen LogP contribution in [0.25, 0.3) is 0 Å². The Morgan fingerprint density at radius 3 is 2.74 bits per heavy atom. The average Bonchev–Trinajstić information content (AvgIpc) is 3.03. The van der Waals surface area contributed by atoms with Gasteiger partial charge in [0.1, 0.15) is 0 Å². The predicted molar refractivity (Wildman–Crippen MR) is 98.9 cm³/mol.